The molecule has 3 aliphatic heterocycles. The van der Waals surface area contributed by atoms with Crippen LogP contribution in [0.2, 0.25) is 5.02 Å². The maximum Gasteiger partial charge on any atom is 0.255 e. The molecule has 0 bridgehead atoms. The van der Waals surface area contributed by atoms with Gasteiger partial charge >= 0.3 is 0 Å². The van der Waals surface area contributed by atoms with Crippen LogP contribution in [0.5, 0.6) is 11.5 Å². The van der Waals surface area contributed by atoms with Gasteiger partial charge in [0.1, 0.15) is 18.5 Å². The van der Waals surface area contributed by atoms with Gasteiger partial charge in [0.15, 0.2) is 5.75 Å². The molecule has 1 atom stereocenters. The lowest BCUT2D eigenvalue weighted by Gasteiger charge is -2.40. The lowest BCUT2D eigenvalue weighted by atomic mass is 10.0. The third-order valence-electron chi connectivity index (χ3n) is 7.84. The van der Waals surface area contributed by atoms with E-state index in [-0.39, 0.29) is 17.9 Å². The van der Waals surface area contributed by atoms with Crippen molar-refractivity contribution in [2.75, 3.05) is 51.8 Å². The van der Waals surface area contributed by atoms with Gasteiger partial charge in [0.05, 0.1) is 47.0 Å². The van der Waals surface area contributed by atoms with Crippen LogP contribution in [0.4, 0.5) is 15.8 Å². The highest BCUT2D eigenvalue weighted by atomic mass is 35.5. The number of nitrogens with one attached hydrogen (secondary N) is 3. The number of hydrogen-bond donors (Lipinski definition) is 3. The molecule has 2 aromatic heterocycles. The topological polar surface area (TPSA) is 112 Å². The Morgan fingerprint density at radius 3 is 2.93 bits per heavy atom. The Labute approximate surface area is 247 Å². The summed E-state index contributed by atoms with van der Waals surface area (Å²) < 4.78 is 24.8. The lowest BCUT2D eigenvalue weighted by Crippen LogP contribution is -2.53. The van der Waals surface area contributed by atoms with Gasteiger partial charge in [-0.25, -0.2) is 4.39 Å². The molecule has 1 aromatic carbocycles. The molecule has 3 aliphatic rings. The van der Waals surface area contributed by atoms with Crippen molar-refractivity contribution in [3.8, 4) is 22.8 Å². The Bertz CT molecular complexity index is 1520. The second kappa shape index (κ2) is 12.0. The lowest BCUT2D eigenvalue weighted by molar-refractivity contribution is -0.134. The zero-order valence-corrected chi connectivity index (χ0v) is 23.9. The first-order valence-electron chi connectivity index (χ1n) is 14.0. The molecule has 0 spiro atoms. The maximum atomic E-state index is 13.0. The molecule has 220 valence electrons. The summed E-state index contributed by atoms with van der Waals surface area (Å²) >= 11 is 6.38. The molecule has 0 saturated carbocycles. The fraction of sp³-hybridized carbons (Fsp3) is 0.367. The van der Waals surface area contributed by atoms with Crippen LogP contribution in [0.3, 0.4) is 0 Å². The Hall–Kier alpha value is -4.09. The number of para-hydroxylation sites is 1. The number of amides is 2. The predicted octanol–water partition coefficient (Wildman–Crippen LogP) is 3.96. The molecular weight excluding hydrogens is 563 g/mol. The largest absolute Gasteiger partial charge is 0.493 e. The summed E-state index contributed by atoms with van der Waals surface area (Å²) in [5, 5.41) is 6.74. The van der Waals surface area contributed by atoms with E-state index in [1.54, 1.807) is 48.7 Å². The standard InChI is InChI=1S/C30H32ClFN6O4/c1-41-29-21(31)4-2-5-23(29)36-28-26-22(8-11-34-30(26)40)35-27(28)20-7-10-33-14-24(20)42-17-19-9-13-38(19)25(39)6-3-12-37-15-18(32)16-37/h2-7,10,14,18-19,35-36H,8-9,11-13,15-17H2,1H3,(H,34,40)/b6-3+/t19-/m1/s1. The third kappa shape index (κ3) is 5.54. The summed E-state index contributed by atoms with van der Waals surface area (Å²) in [6.07, 6.45) is 7.35. The van der Waals surface area contributed by atoms with Crippen LogP contribution in [0.15, 0.2) is 48.8 Å². The van der Waals surface area contributed by atoms with Gasteiger partial charge < -0.3 is 30.0 Å². The summed E-state index contributed by atoms with van der Waals surface area (Å²) in [5.74, 6) is 0.714. The van der Waals surface area contributed by atoms with Crippen molar-refractivity contribution in [1.29, 1.82) is 0 Å². The quantitative estimate of drug-likeness (QED) is 0.305. The summed E-state index contributed by atoms with van der Waals surface area (Å²) in [6, 6.07) is 7.12. The van der Waals surface area contributed by atoms with E-state index in [0.717, 1.165) is 12.1 Å². The number of carbonyl (C=O) groups excluding carboxylic acids is 2. The molecule has 2 amide bonds. The SMILES string of the molecule is COc1c(Cl)cccc1Nc1c(-c2ccncc2OC[C@H]2CCN2C(=O)/C=C/CN2CC(F)C2)[nH]c2c1C(=O)NCC2. The van der Waals surface area contributed by atoms with Gasteiger partial charge in [0, 0.05) is 62.7 Å². The molecule has 10 nitrogen and oxygen atoms in total. The van der Waals surface area contributed by atoms with E-state index in [0.29, 0.717) is 90.5 Å². The van der Waals surface area contributed by atoms with E-state index in [2.05, 4.69) is 20.6 Å². The number of H-pyrrole nitrogens is 1. The number of ether oxygens (including phenoxy) is 2. The minimum absolute atomic E-state index is 0.0784. The first kappa shape index (κ1) is 28.0. The third-order valence-corrected chi connectivity index (χ3v) is 8.14. The predicted molar refractivity (Wildman–Crippen MR) is 157 cm³/mol. The number of hydrogen-bond acceptors (Lipinski definition) is 7. The van der Waals surface area contributed by atoms with Gasteiger partial charge in [-0.1, -0.05) is 23.7 Å². The molecular formula is C30H32ClFN6O4. The van der Waals surface area contributed by atoms with Crippen molar-refractivity contribution in [1.82, 2.24) is 25.1 Å². The van der Waals surface area contributed by atoms with Crippen molar-refractivity contribution < 1.29 is 23.5 Å². The smallest absolute Gasteiger partial charge is 0.255 e. The van der Waals surface area contributed by atoms with Crippen LogP contribution in [0.1, 0.15) is 22.5 Å². The van der Waals surface area contributed by atoms with Crippen LogP contribution in [-0.2, 0) is 11.2 Å². The van der Waals surface area contributed by atoms with Crippen LogP contribution < -0.4 is 20.1 Å². The Balaban J connectivity index is 1.22. The number of likely N-dealkylation sites (tertiary alicyclic amines) is 2. The van der Waals surface area contributed by atoms with Crippen LogP contribution in [0, 0.1) is 0 Å². The van der Waals surface area contributed by atoms with Gasteiger partial charge in [0.2, 0.25) is 5.91 Å². The summed E-state index contributed by atoms with van der Waals surface area (Å²) in [6.45, 7) is 2.88. The van der Waals surface area contributed by atoms with E-state index < -0.39 is 6.17 Å². The summed E-state index contributed by atoms with van der Waals surface area (Å²) in [5.41, 5.74) is 3.89. The van der Waals surface area contributed by atoms with E-state index >= 15 is 0 Å². The summed E-state index contributed by atoms with van der Waals surface area (Å²) in [7, 11) is 1.54. The molecule has 6 rings (SSSR count). The van der Waals surface area contributed by atoms with Crippen LogP contribution in [-0.4, -0.2) is 90.2 Å². The molecule has 12 heteroatoms. The van der Waals surface area contributed by atoms with Crippen molar-refractivity contribution in [2.24, 2.45) is 0 Å². The number of aromatic amines is 1. The van der Waals surface area contributed by atoms with Crippen LogP contribution in [0.25, 0.3) is 11.3 Å². The van der Waals surface area contributed by atoms with Crippen molar-refractivity contribution in [3.63, 3.8) is 0 Å². The number of pyridine rings is 1. The number of nitrogens with zero attached hydrogens (tertiary/aromatic N) is 3. The summed E-state index contributed by atoms with van der Waals surface area (Å²) in [4.78, 5) is 37.2. The van der Waals surface area contributed by atoms with Crippen molar-refractivity contribution in [2.45, 2.75) is 25.1 Å². The number of carbonyl (C=O) groups is 2. The van der Waals surface area contributed by atoms with Gasteiger partial charge in [-0.2, -0.15) is 0 Å². The molecule has 5 heterocycles. The average Bonchev–Trinajstić information content (AvgIpc) is 3.31. The molecule has 2 saturated heterocycles. The number of halogens is 2. The average molecular weight is 595 g/mol. The molecule has 3 N–H and O–H groups in total. The highest BCUT2D eigenvalue weighted by Gasteiger charge is 2.33. The zero-order valence-electron chi connectivity index (χ0n) is 23.2. The second-order valence-corrected chi connectivity index (χ2v) is 11.0. The normalized spacial score (nSPS) is 18.7. The minimum Gasteiger partial charge on any atom is -0.493 e. The fourth-order valence-corrected chi connectivity index (χ4v) is 5.75. The molecule has 2 fully saturated rings. The molecule has 0 unspecified atom stereocenters. The van der Waals surface area contributed by atoms with E-state index in [9.17, 15) is 14.0 Å². The number of alkyl halides is 1. The first-order valence-corrected chi connectivity index (χ1v) is 14.3. The molecule has 3 aromatic rings. The van der Waals surface area contributed by atoms with Gasteiger partial charge in [-0.3, -0.25) is 19.5 Å². The highest BCUT2D eigenvalue weighted by molar-refractivity contribution is 6.32. The van der Waals surface area contributed by atoms with E-state index in [1.807, 2.05) is 17.0 Å². The zero-order chi connectivity index (χ0) is 29.2. The molecule has 0 aliphatic carbocycles. The number of fused-ring (bicyclic) bond motifs is 1. The van der Waals surface area contributed by atoms with Gasteiger partial charge in [-0.05, 0) is 24.6 Å². The van der Waals surface area contributed by atoms with Gasteiger partial charge in [-0.15, -0.1) is 0 Å². The van der Waals surface area contributed by atoms with E-state index in [4.69, 9.17) is 21.1 Å². The monoisotopic (exact) mass is 594 g/mol. The molecule has 42 heavy (non-hydrogen) atoms. The Kier molecular flexibility index (Phi) is 8.03. The highest BCUT2D eigenvalue weighted by Crippen LogP contribution is 2.43. The number of methoxy groups -OCH3 is 1. The Morgan fingerprint density at radius 2 is 2.17 bits per heavy atom. The fourth-order valence-electron chi connectivity index (χ4n) is 5.50. The Morgan fingerprint density at radius 1 is 1.31 bits per heavy atom. The molecule has 0 radical (unpaired) electrons. The maximum absolute atomic E-state index is 13.0. The second-order valence-electron chi connectivity index (χ2n) is 10.6. The number of rotatable bonds is 10. The number of anilines is 2. The van der Waals surface area contributed by atoms with Crippen molar-refractivity contribution >= 4 is 34.8 Å². The van der Waals surface area contributed by atoms with Gasteiger partial charge in [0.25, 0.3) is 5.91 Å². The number of benzene rings is 1. The van der Waals surface area contributed by atoms with E-state index in [1.165, 1.54) is 0 Å². The minimum atomic E-state index is -0.761. The first-order chi connectivity index (χ1) is 20.4. The van der Waals surface area contributed by atoms with Crippen LogP contribution >= 0.6 is 11.6 Å². The number of aromatic nitrogens is 2. The van der Waals surface area contributed by atoms with Crippen molar-refractivity contribution in [3.05, 3.63) is 65.1 Å².